The van der Waals surface area contributed by atoms with E-state index in [9.17, 15) is 9.18 Å². The van der Waals surface area contributed by atoms with Crippen molar-refractivity contribution >= 4 is 16.9 Å². The molecule has 6 nitrogen and oxygen atoms in total. The maximum Gasteiger partial charge on any atom is 0.234 e. The van der Waals surface area contributed by atoms with E-state index in [0.29, 0.717) is 29.9 Å². The number of carbonyl (C=O) groups excluding carboxylic acids is 1. The number of hydrogen-bond acceptors (Lipinski definition) is 4. The molecule has 0 bridgehead atoms. The maximum atomic E-state index is 13.2. The predicted octanol–water partition coefficient (Wildman–Crippen LogP) is 0.956. The zero-order chi connectivity index (χ0) is 16.2. The number of nitrogens with zero attached hydrogens (tertiary/aromatic N) is 3. The second kappa shape index (κ2) is 7.06. The van der Waals surface area contributed by atoms with Crippen LogP contribution in [0.15, 0.2) is 18.2 Å². The zero-order valence-electron chi connectivity index (χ0n) is 13.3. The van der Waals surface area contributed by atoms with Crippen molar-refractivity contribution in [1.29, 1.82) is 0 Å². The van der Waals surface area contributed by atoms with Crippen LogP contribution >= 0.6 is 0 Å². The van der Waals surface area contributed by atoms with Gasteiger partial charge in [-0.3, -0.25) is 9.69 Å². The molecule has 0 atom stereocenters. The minimum atomic E-state index is -0.303. The number of aromatic amines is 1. The third-order valence-electron chi connectivity index (χ3n) is 4.13. The van der Waals surface area contributed by atoms with E-state index in [2.05, 4.69) is 32.1 Å². The van der Waals surface area contributed by atoms with Crippen LogP contribution in [-0.2, 0) is 11.3 Å². The van der Waals surface area contributed by atoms with Gasteiger partial charge in [0.1, 0.15) is 11.6 Å². The molecular weight excluding hydrogens is 297 g/mol. The van der Waals surface area contributed by atoms with Gasteiger partial charge in [-0.15, -0.1) is 0 Å². The highest BCUT2D eigenvalue weighted by Gasteiger charge is 2.15. The number of rotatable bonds is 4. The van der Waals surface area contributed by atoms with Gasteiger partial charge in [-0.1, -0.05) is 0 Å². The molecule has 1 aliphatic rings. The molecule has 0 spiro atoms. The Labute approximate surface area is 134 Å². The van der Waals surface area contributed by atoms with Gasteiger partial charge in [0, 0.05) is 13.1 Å². The number of imidazole rings is 1. The number of hydrogen-bond donors (Lipinski definition) is 2. The second-order valence-corrected chi connectivity index (χ2v) is 6.05. The number of halogens is 1. The van der Waals surface area contributed by atoms with Crippen LogP contribution in [0.25, 0.3) is 11.0 Å². The first-order valence-corrected chi connectivity index (χ1v) is 7.92. The van der Waals surface area contributed by atoms with Crippen molar-refractivity contribution in [1.82, 2.24) is 25.1 Å². The molecule has 2 N–H and O–H groups in total. The highest BCUT2D eigenvalue weighted by molar-refractivity contribution is 5.78. The first-order chi connectivity index (χ1) is 11.1. The molecule has 0 unspecified atom stereocenters. The number of benzene rings is 1. The van der Waals surface area contributed by atoms with Crippen LogP contribution in [0.1, 0.15) is 12.2 Å². The van der Waals surface area contributed by atoms with Gasteiger partial charge in [0.2, 0.25) is 5.91 Å². The van der Waals surface area contributed by atoms with Gasteiger partial charge in [-0.05, 0) is 44.8 Å². The Morgan fingerprint density at radius 1 is 1.35 bits per heavy atom. The molecule has 1 aromatic carbocycles. The van der Waals surface area contributed by atoms with Gasteiger partial charge in [0.05, 0.1) is 24.1 Å². The second-order valence-electron chi connectivity index (χ2n) is 6.05. The number of carbonyl (C=O) groups is 1. The predicted molar refractivity (Wildman–Crippen MR) is 86.5 cm³/mol. The molecule has 0 radical (unpaired) electrons. The molecule has 23 heavy (non-hydrogen) atoms. The number of fused-ring (bicyclic) bond motifs is 1. The fourth-order valence-electron chi connectivity index (χ4n) is 2.82. The molecule has 7 heteroatoms. The molecule has 3 rings (SSSR count). The lowest BCUT2D eigenvalue weighted by Gasteiger charge is -2.19. The summed E-state index contributed by atoms with van der Waals surface area (Å²) in [5.41, 5.74) is 1.34. The molecule has 0 aliphatic carbocycles. The summed E-state index contributed by atoms with van der Waals surface area (Å²) in [7, 11) is 2.11. The summed E-state index contributed by atoms with van der Waals surface area (Å²) in [6.45, 7) is 4.65. The van der Waals surface area contributed by atoms with Gasteiger partial charge in [0.25, 0.3) is 0 Å². The Morgan fingerprint density at radius 2 is 2.22 bits per heavy atom. The van der Waals surface area contributed by atoms with Crippen LogP contribution in [0, 0.1) is 5.82 Å². The van der Waals surface area contributed by atoms with E-state index in [-0.39, 0.29) is 11.7 Å². The van der Waals surface area contributed by atoms with Gasteiger partial charge in [0.15, 0.2) is 0 Å². The van der Waals surface area contributed by atoms with Crippen LogP contribution in [0.2, 0.25) is 0 Å². The van der Waals surface area contributed by atoms with Gasteiger partial charge < -0.3 is 15.2 Å². The topological polar surface area (TPSA) is 64.3 Å². The summed E-state index contributed by atoms with van der Waals surface area (Å²) >= 11 is 0. The lowest BCUT2D eigenvalue weighted by Crippen LogP contribution is -2.38. The molecule has 1 saturated heterocycles. The summed E-state index contributed by atoms with van der Waals surface area (Å²) in [6.07, 6.45) is 1.08. The average molecular weight is 319 g/mol. The van der Waals surface area contributed by atoms with Gasteiger partial charge >= 0.3 is 0 Å². The van der Waals surface area contributed by atoms with Crippen LogP contribution in [0.3, 0.4) is 0 Å². The standard InChI is InChI=1S/C16H22FN5O/c1-21-5-2-6-22(8-7-21)11-16(23)18-10-15-19-13-4-3-12(17)9-14(13)20-15/h3-4,9H,2,5-8,10-11H2,1H3,(H,18,23)(H,19,20). The van der Waals surface area contributed by atoms with Crippen molar-refractivity contribution in [2.24, 2.45) is 0 Å². The summed E-state index contributed by atoms with van der Waals surface area (Å²) in [5.74, 6) is 0.318. The Hall–Kier alpha value is -1.99. The minimum Gasteiger partial charge on any atom is -0.348 e. The molecule has 124 valence electrons. The third kappa shape index (κ3) is 4.27. The largest absolute Gasteiger partial charge is 0.348 e. The Kier molecular flexibility index (Phi) is 4.88. The number of H-pyrrole nitrogens is 1. The molecule has 1 aliphatic heterocycles. The summed E-state index contributed by atoms with van der Waals surface area (Å²) in [6, 6.07) is 4.41. The summed E-state index contributed by atoms with van der Waals surface area (Å²) < 4.78 is 13.2. The number of aromatic nitrogens is 2. The van der Waals surface area contributed by atoms with Gasteiger partial charge in [-0.25, -0.2) is 9.37 Å². The van der Waals surface area contributed by atoms with E-state index < -0.39 is 0 Å². The van der Waals surface area contributed by atoms with E-state index in [1.54, 1.807) is 6.07 Å². The van der Waals surface area contributed by atoms with E-state index in [4.69, 9.17) is 0 Å². The molecule has 1 fully saturated rings. The van der Waals surface area contributed by atoms with Crippen LogP contribution < -0.4 is 5.32 Å². The fourth-order valence-corrected chi connectivity index (χ4v) is 2.82. The third-order valence-corrected chi connectivity index (χ3v) is 4.13. The van der Waals surface area contributed by atoms with Gasteiger partial charge in [-0.2, -0.15) is 0 Å². The number of nitrogens with one attached hydrogen (secondary N) is 2. The van der Waals surface area contributed by atoms with Crippen LogP contribution in [0.4, 0.5) is 4.39 Å². The fraction of sp³-hybridized carbons (Fsp3) is 0.500. The lowest BCUT2D eigenvalue weighted by molar-refractivity contribution is -0.122. The lowest BCUT2D eigenvalue weighted by atomic mass is 10.3. The molecule has 1 amide bonds. The average Bonchev–Trinajstić information content (AvgIpc) is 2.81. The van der Waals surface area contributed by atoms with Crippen molar-refractivity contribution in [3.8, 4) is 0 Å². The Bertz CT molecular complexity index is 686. The van der Waals surface area contributed by atoms with Crippen molar-refractivity contribution in [3.05, 3.63) is 29.8 Å². The smallest absolute Gasteiger partial charge is 0.234 e. The number of amides is 1. The maximum absolute atomic E-state index is 13.2. The van der Waals surface area contributed by atoms with E-state index in [0.717, 1.165) is 32.6 Å². The first-order valence-electron chi connectivity index (χ1n) is 7.92. The van der Waals surface area contributed by atoms with Crippen molar-refractivity contribution in [2.45, 2.75) is 13.0 Å². The molecule has 0 saturated carbocycles. The van der Waals surface area contributed by atoms with Crippen molar-refractivity contribution in [2.75, 3.05) is 39.8 Å². The van der Waals surface area contributed by atoms with Crippen molar-refractivity contribution < 1.29 is 9.18 Å². The van der Waals surface area contributed by atoms with Crippen LogP contribution in [-0.4, -0.2) is 65.4 Å². The molecule has 2 heterocycles. The highest BCUT2D eigenvalue weighted by atomic mass is 19.1. The summed E-state index contributed by atoms with van der Waals surface area (Å²) in [5, 5.41) is 2.87. The molecule has 1 aromatic heterocycles. The number of likely N-dealkylation sites (N-methyl/N-ethyl adjacent to an activating group) is 1. The molecular formula is C16H22FN5O. The van der Waals surface area contributed by atoms with E-state index >= 15 is 0 Å². The first kappa shape index (κ1) is 15.9. The van der Waals surface area contributed by atoms with Crippen LogP contribution in [0.5, 0.6) is 0 Å². The normalized spacial score (nSPS) is 17.3. The van der Waals surface area contributed by atoms with E-state index in [1.165, 1.54) is 12.1 Å². The quantitative estimate of drug-likeness (QED) is 0.881. The highest BCUT2D eigenvalue weighted by Crippen LogP contribution is 2.12. The van der Waals surface area contributed by atoms with E-state index in [1.807, 2.05) is 0 Å². The monoisotopic (exact) mass is 319 g/mol. The van der Waals surface area contributed by atoms with Crippen molar-refractivity contribution in [3.63, 3.8) is 0 Å². The summed E-state index contributed by atoms with van der Waals surface area (Å²) in [4.78, 5) is 23.9. The molecule has 2 aromatic rings. The Balaban J connectivity index is 1.51. The zero-order valence-corrected chi connectivity index (χ0v) is 13.3. The SMILES string of the molecule is CN1CCCN(CC(=O)NCc2nc3ccc(F)cc3[nH]2)CC1. The minimum absolute atomic E-state index is 0.0128. The Morgan fingerprint density at radius 3 is 3.09 bits per heavy atom.